The lowest BCUT2D eigenvalue weighted by molar-refractivity contribution is -0.131. The smallest absolute Gasteiger partial charge is 0.227 e. The Kier molecular flexibility index (Phi) is 5.96. The van der Waals surface area contributed by atoms with Crippen molar-refractivity contribution in [1.82, 2.24) is 4.90 Å². The lowest BCUT2D eigenvalue weighted by Gasteiger charge is -2.31. The molecule has 0 heterocycles. The van der Waals surface area contributed by atoms with E-state index in [1.807, 2.05) is 20.8 Å². The van der Waals surface area contributed by atoms with Gasteiger partial charge in [0, 0.05) is 23.7 Å². The molecule has 0 aliphatic heterocycles. The zero-order valence-electron chi connectivity index (χ0n) is 12.2. The fourth-order valence-corrected chi connectivity index (χ4v) is 2.15. The minimum absolute atomic E-state index is 0.0278. The predicted octanol–water partition coefficient (Wildman–Crippen LogP) is 2.86. The Bertz CT molecular complexity index is 457. The molecule has 0 aromatic heterocycles. The molecule has 20 heavy (non-hydrogen) atoms. The van der Waals surface area contributed by atoms with Gasteiger partial charge in [0.25, 0.3) is 0 Å². The van der Waals surface area contributed by atoms with E-state index in [0.29, 0.717) is 19.6 Å². The second-order valence-electron chi connectivity index (χ2n) is 5.65. The number of nitrogens with two attached hydrogens (primary N) is 1. The molecule has 0 aliphatic rings. The van der Waals surface area contributed by atoms with Crippen molar-refractivity contribution in [3.05, 3.63) is 34.6 Å². The van der Waals surface area contributed by atoms with Crippen molar-refractivity contribution in [2.24, 2.45) is 11.1 Å². The van der Waals surface area contributed by atoms with Crippen LogP contribution in [0.4, 0.5) is 4.39 Å². The highest BCUT2D eigenvalue weighted by molar-refractivity contribution is 6.31. The topological polar surface area (TPSA) is 46.3 Å². The van der Waals surface area contributed by atoms with Gasteiger partial charge in [-0.25, -0.2) is 4.39 Å². The van der Waals surface area contributed by atoms with Crippen molar-refractivity contribution in [3.63, 3.8) is 0 Å². The third-order valence-corrected chi connectivity index (χ3v) is 3.65. The van der Waals surface area contributed by atoms with Crippen LogP contribution in [0.5, 0.6) is 0 Å². The molecule has 0 saturated carbocycles. The molecule has 0 spiro atoms. The number of hydrogen-bond donors (Lipinski definition) is 1. The maximum Gasteiger partial charge on any atom is 0.227 e. The number of carbonyl (C=O) groups is 1. The van der Waals surface area contributed by atoms with E-state index < -0.39 is 5.82 Å². The third-order valence-electron chi connectivity index (χ3n) is 3.30. The molecule has 0 atom stereocenters. The van der Waals surface area contributed by atoms with E-state index in [2.05, 4.69) is 0 Å². The normalized spacial score (nSPS) is 11.5. The van der Waals surface area contributed by atoms with Gasteiger partial charge in [-0.15, -0.1) is 0 Å². The molecule has 0 saturated heterocycles. The van der Waals surface area contributed by atoms with E-state index in [1.54, 1.807) is 11.0 Å². The standard InChI is InChI=1S/C15H22ClFN2O/c1-4-19(10-15(2,3)9-18)14(20)8-11-12(16)6-5-7-13(11)17/h5-7H,4,8-10,18H2,1-3H3. The lowest BCUT2D eigenvalue weighted by atomic mass is 9.93. The van der Waals surface area contributed by atoms with E-state index in [-0.39, 0.29) is 28.3 Å². The van der Waals surface area contributed by atoms with Crippen molar-refractivity contribution in [2.75, 3.05) is 19.6 Å². The summed E-state index contributed by atoms with van der Waals surface area (Å²) in [5.41, 5.74) is 5.78. The van der Waals surface area contributed by atoms with Crippen molar-refractivity contribution < 1.29 is 9.18 Å². The van der Waals surface area contributed by atoms with Gasteiger partial charge in [0.15, 0.2) is 0 Å². The summed E-state index contributed by atoms with van der Waals surface area (Å²) in [6, 6.07) is 4.43. The number of amides is 1. The van der Waals surface area contributed by atoms with Gasteiger partial charge in [-0.05, 0) is 31.0 Å². The van der Waals surface area contributed by atoms with E-state index in [4.69, 9.17) is 17.3 Å². The largest absolute Gasteiger partial charge is 0.342 e. The molecule has 5 heteroatoms. The van der Waals surface area contributed by atoms with E-state index in [1.165, 1.54) is 12.1 Å². The van der Waals surface area contributed by atoms with E-state index in [0.717, 1.165) is 0 Å². The first-order valence-corrected chi connectivity index (χ1v) is 7.09. The van der Waals surface area contributed by atoms with Crippen LogP contribution in [0.1, 0.15) is 26.3 Å². The predicted molar refractivity (Wildman–Crippen MR) is 80.2 cm³/mol. The lowest BCUT2D eigenvalue weighted by Crippen LogP contribution is -2.42. The summed E-state index contributed by atoms with van der Waals surface area (Å²) in [6.45, 7) is 7.49. The number of halogens is 2. The van der Waals surface area contributed by atoms with Gasteiger partial charge in [0.2, 0.25) is 5.91 Å². The number of hydrogen-bond acceptors (Lipinski definition) is 2. The van der Waals surface area contributed by atoms with Crippen molar-refractivity contribution in [1.29, 1.82) is 0 Å². The molecule has 3 nitrogen and oxygen atoms in total. The van der Waals surface area contributed by atoms with Crippen LogP contribution < -0.4 is 5.73 Å². The van der Waals surface area contributed by atoms with Crippen LogP contribution in [0, 0.1) is 11.2 Å². The summed E-state index contributed by atoms with van der Waals surface area (Å²) in [5.74, 6) is -0.582. The molecule has 0 fully saturated rings. The Morgan fingerprint density at radius 2 is 2.10 bits per heavy atom. The minimum atomic E-state index is -0.444. The number of rotatable bonds is 6. The summed E-state index contributed by atoms with van der Waals surface area (Å²) in [4.78, 5) is 14.0. The maximum atomic E-state index is 13.7. The molecule has 0 aliphatic carbocycles. The van der Waals surface area contributed by atoms with Crippen LogP contribution in [0.15, 0.2) is 18.2 Å². The monoisotopic (exact) mass is 300 g/mol. The second-order valence-corrected chi connectivity index (χ2v) is 6.06. The Morgan fingerprint density at radius 1 is 1.45 bits per heavy atom. The number of likely N-dealkylation sites (N-methyl/N-ethyl adjacent to an activating group) is 1. The SMILES string of the molecule is CCN(CC(C)(C)CN)C(=O)Cc1c(F)cccc1Cl. The zero-order chi connectivity index (χ0) is 15.3. The number of nitrogens with zero attached hydrogens (tertiary/aromatic N) is 1. The first-order chi connectivity index (χ1) is 9.30. The summed E-state index contributed by atoms with van der Waals surface area (Å²) in [7, 11) is 0. The highest BCUT2D eigenvalue weighted by Gasteiger charge is 2.23. The van der Waals surface area contributed by atoms with Crippen molar-refractivity contribution >= 4 is 17.5 Å². The van der Waals surface area contributed by atoms with Crippen molar-refractivity contribution in [2.45, 2.75) is 27.2 Å². The fourth-order valence-electron chi connectivity index (χ4n) is 1.92. The van der Waals surface area contributed by atoms with E-state index in [9.17, 15) is 9.18 Å². The van der Waals surface area contributed by atoms with E-state index >= 15 is 0 Å². The van der Waals surface area contributed by atoms with Crippen LogP contribution in [0.3, 0.4) is 0 Å². The average molecular weight is 301 g/mol. The second kappa shape index (κ2) is 7.04. The molecular weight excluding hydrogens is 279 g/mol. The quantitative estimate of drug-likeness (QED) is 0.878. The highest BCUT2D eigenvalue weighted by atomic mass is 35.5. The van der Waals surface area contributed by atoms with Crippen LogP contribution in [-0.4, -0.2) is 30.4 Å². The van der Waals surface area contributed by atoms with Crippen LogP contribution in [0.2, 0.25) is 5.02 Å². The van der Waals surface area contributed by atoms with Crippen LogP contribution >= 0.6 is 11.6 Å². The summed E-state index contributed by atoms with van der Waals surface area (Å²) in [6.07, 6.45) is -0.0278. The molecule has 2 N–H and O–H groups in total. The Labute approximate surface area is 124 Å². The van der Waals surface area contributed by atoms with Gasteiger partial charge in [-0.3, -0.25) is 4.79 Å². The molecule has 112 valence electrons. The zero-order valence-corrected chi connectivity index (χ0v) is 13.0. The van der Waals surface area contributed by atoms with Gasteiger partial charge < -0.3 is 10.6 Å². The molecular formula is C15H22ClFN2O. The molecule has 0 radical (unpaired) electrons. The Hall–Kier alpha value is -1.13. The average Bonchev–Trinajstić information content (AvgIpc) is 2.40. The van der Waals surface area contributed by atoms with Crippen molar-refractivity contribution in [3.8, 4) is 0 Å². The van der Waals surface area contributed by atoms with Gasteiger partial charge in [0.05, 0.1) is 6.42 Å². The van der Waals surface area contributed by atoms with Gasteiger partial charge in [-0.1, -0.05) is 31.5 Å². The van der Waals surface area contributed by atoms with Gasteiger partial charge in [-0.2, -0.15) is 0 Å². The fraction of sp³-hybridized carbons (Fsp3) is 0.533. The Morgan fingerprint density at radius 3 is 2.60 bits per heavy atom. The molecule has 1 rings (SSSR count). The van der Waals surface area contributed by atoms with Gasteiger partial charge >= 0.3 is 0 Å². The van der Waals surface area contributed by atoms with Crippen LogP contribution in [0.25, 0.3) is 0 Å². The molecule has 1 amide bonds. The molecule has 1 aromatic rings. The molecule has 0 unspecified atom stereocenters. The molecule has 1 aromatic carbocycles. The highest BCUT2D eigenvalue weighted by Crippen LogP contribution is 2.21. The first kappa shape index (κ1) is 16.9. The van der Waals surface area contributed by atoms with Gasteiger partial charge in [0.1, 0.15) is 5.82 Å². The molecule has 0 bridgehead atoms. The minimum Gasteiger partial charge on any atom is -0.342 e. The first-order valence-electron chi connectivity index (χ1n) is 6.71. The third kappa shape index (κ3) is 4.46. The summed E-state index contributed by atoms with van der Waals surface area (Å²) >= 11 is 5.95. The van der Waals surface area contributed by atoms with Crippen LogP contribution in [-0.2, 0) is 11.2 Å². The summed E-state index contributed by atoms with van der Waals surface area (Å²) < 4.78 is 13.7. The maximum absolute atomic E-state index is 13.7. The number of carbonyl (C=O) groups excluding carboxylic acids is 1. The summed E-state index contributed by atoms with van der Waals surface area (Å²) in [5, 5.41) is 0.285. The number of benzene rings is 1. The Balaban J connectivity index is 2.83.